The SMILES string of the molecule is COc1ccc(CNC(=O)CSc2nnc(N/N=C/c3cccnc3)n2N)cc1. The summed E-state index contributed by atoms with van der Waals surface area (Å²) in [5.74, 6) is 6.98. The molecule has 1 aromatic carbocycles. The second-order valence-corrected chi connectivity index (χ2v) is 6.69. The van der Waals surface area contributed by atoms with Crippen LogP contribution >= 0.6 is 11.8 Å². The molecule has 2 heterocycles. The Bertz CT molecular complexity index is 960. The molecule has 0 saturated carbocycles. The smallest absolute Gasteiger partial charge is 0.264 e. The molecule has 0 aliphatic heterocycles. The maximum absolute atomic E-state index is 12.1. The van der Waals surface area contributed by atoms with E-state index in [1.165, 1.54) is 16.4 Å². The van der Waals surface area contributed by atoms with E-state index in [-0.39, 0.29) is 17.6 Å². The van der Waals surface area contributed by atoms with E-state index in [0.717, 1.165) is 16.9 Å². The molecule has 4 N–H and O–H groups in total. The van der Waals surface area contributed by atoms with Gasteiger partial charge in [-0.15, -0.1) is 10.2 Å². The summed E-state index contributed by atoms with van der Waals surface area (Å²) in [6.07, 6.45) is 4.93. The number of rotatable bonds is 9. The fourth-order valence-electron chi connectivity index (χ4n) is 2.19. The van der Waals surface area contributed by atoms with E-state index in [1.54, 1.807) is 31.8 Å². The molecule has 0 radical (unpaired) electrons. The molecule has 0 unspecified atom stereocenters. The summed E-state index contributed by atoms with van der Waals surface area (Å²) >= 11 is 1.18. The molecule has 0 saturated heterocycles. The quantitative estimate of drug-likeness (QED) is 0.207. The lowest BCUT2D eigenvalue weighted by Gasteiger charge is -2.06. The minimum Gasteiger partial charge on any atom is -0.497 e. The van der Waals surface area contributed by atoms with Crippen molar-refractivity contribution in [2.45, 2.75) is 11.7 Å². The molecule has 3 aromatic rings. The molecule has 0 spiro atoms. The minimum atomic E-state index is -0.141. The van der Waals surface area contributed by atoms with Crippen LogP contribution in [0.4, 0.5) is 5.95 Å². The van der Waals surface area contributed by atoms with Crippen LogP contribution in [0.5, 0.6) is 5.75 Å². The lowest BCUT2D eigenvalue weighted by Crippen LogP contribution is -2.25. The van der Waals surface area contributed by atoms with Gasteiger partial charge in [0.2, 0.25) is 11.1 Å². The van der Waals surface area contributed by atoms with Crippen molar-refractivity contribution in [2.75, 3.05) is 24.1 Å². The summed E-state index contributed by atoms with van der Waals surface area (Å²) in [4.78, 5) is 16.1. The molecular formula is C18H20N8O2S. The van der Waals surface area contributed by atoms with Gasteiger partial charge in [-0.1, -0.05) is 30.0 Å². The number of carbonyl (C=O) groups is 1. The van der Waals surface area contributed by atoms with Gasteiger partial charge >= 0.3 is 0 Å². The largest absolute Gasteiger partial charge is 0.497 e. The Labute approximate surface area is 171 Å². The lowest BCUT2D eigenvalue weighted by atomic mass is 10.2. The zero-order valence-electron chi connectivity index (χ0n) is 15.6. The van der Waals surface area contributed by atoms with Gasteiger partial charge in [0.15, 0.2) is 0 Å². The molecule has 150 valence electrons. The van der Waals surface area contributed by atoms with Gasteiger partial charge in [0.25, 0.3) is 5.95 Å². The third-order valence-electron chi connectivity index (χ3n) is 3.71. The van der Waals surface area contributed by atoms with Gasteiger partial charge in [0.05, 0.1) is 19.1 Å². The molecule has 0 atom stereocenters. The Hall–Kier alpha value is -3.60. The van der Waals surface area contributed by atoms with Gasteiger partial charge in [0.1, 0.15) is 5.75 Å². The van der Waals surface area contributed by atoms with Crippen LogP contribution in [-0.4, -0.2) is 44.8 Å². The first-order valence-electron chi connectivity index (χ1n) is 8.57. The van der Waals surface area contributed by atoms with E-state index in [9.17, 15) is 4.79 Å². The second-order valence-electron chi connectivity index (χ2n) is 5.75. The molecule has 2 aromatic heterocycles. The predicted octanol–water partition coefficient (Wildman–Crippen LogP) is 1.25. The first kappa shape index (κ1) is 20.1. The van der Waals surface area contributed by atoms with Gasteiger partial charge in [-0.05, 0) is 23.8 Å². The van der Waals surface area contributed by atoms with Crippen molar-refractivity contribution in [3.63, 3.8) is 0 Å². The van der Waals surface area contributed by atoms with Crippen molar-refractivity contribution >= 4 is 29.8 Å². The highest BCUT2D eigenvalue weighted by Crippen LogP contribution is 2.16. The maximum Gasteiger partial charge on any atom is 0.264 e. The topological polar surface area (TPSA) is 132 Å². The van der Waals surface area contributed by atoms with E-state index in [2.05, 4.69) is 31.0 Å². The van der Waals surface area contributed by atoms with Crippen LogP contribution in [0.3, 0.4) is 0 Å². The summed E-state index contributed by atoms with van der Waals surface area (Å²) in [7, 11) is 1.61. The highest BCUT2D eigenvalue weighted by molar-refractivity contribution is 7.99. The van der Waals surface area contributed by atoms with E-state index in [0.29, 0.717) is 11.7 Å². The van der Waals surface area contributed by atoms with Crippen molar-refractivity contribution in [1.29, 1.82) is 0 Å². The van der Waals surface area contributed by atoms with Gasteiger partial charge in [0, 0.05) is 24.5 Å². The Kier molecular flexibility index (Phi) is 7.00. The van der Waals surface area contributed by atoms with Crippen molar-refractivity contribution in [2.24, 2.45) is 5.10 Å². The molecule has 0 aliphatic carbocycles. The Morgan fingerprint density at radius 3 is 2.86 bits per heavy atom. The van der Waals surface area contributed by atoms with E-state index >= 15 is 0 Å². The average molecular weight is 412 g/mol. The van der Waals surface area contributed by atoms with Gasteiger partial charge in [-0.25, -0.2) is 10.1 Å². The van der Waals surface area contributed by atoms with Crippen molar-refractivity contribution in [1.82, 2.24) is 25.2 Å². The number of hydrazone groups is 1. The van der Waals surface area contributed by atoms with E-state index in [4.69, 9.17) is 10.6 Å². The van der Waals surface area contributed by atoms with Crippen LogP contribution in [0.1, 0.15) is 11.1 Å². The number of hydrogen-bond acceptors (Lipinski definition) is 9. The molecule has 3 rings (SSSR count). The van der Waals surface area contributed by atoms with Crippen molar-refractivity contribution in [3.05, 3.63) is 59.9 Å². The summed E-state index contributed by atoms with van der Waals surface area (Å²) in [5, 5.41) is 15.2. The Morgan fingerprint density at radius 1 is 1.31 bits per heavy atom. The monoisotopic (exact) mass is 412 g/mol. The fourth-order valence-corrected chi connectivity index (χ4v) is 2.88. The van der Waals surface area contributed by atoms with E-state index in [1.807, 2.05) is 30.3 Å². The summed E-state index contributed by atoms with van der Waals surface area (Å²) in [6, 6.07) is 11.1. The number of thioether (sulfide) groups is 1. The highest BCUT2D eigenvalue weighted by atomic mass is 32.2. The van der Waals surface area contributed by atoms with Gasteiger partial charge in [-0.3, -0.25) is 9.78 Å². The number of nitrogen functional groups attached to an aromatic ring is 1. The zero-order chi connectivity index (χ0) is 20.5. The van der Waals surface area contributed by atoms with Crippen LogP contribution < -0.4 is 21.3 Å². The van der Waals surface area contributed by atoms with E-state index < -0.39 is 0 Å². The van der Waals surface area contributed by atoms with Crippen molar-refractivity contribution < 1.29 is 9.53 Å². The van der Waals surface area contributed by atoms with Crippen LogP contribution in [0.2, 0.25) is 0 Å². The fraction of sp³-hybridized carbons (Fsp3) is 0.167. The number of anilines is 1. The molecule has 0 bridgehead atoms. The number of nitrogens with two attached hydrogens (primary N) is 1. The third kappa shape index (κ3) is 5.94. The van der Waals surface area contributed by atoms with Gasteiger partial charge in [-0.2, -0.15) is 5.10 Å². The molecule has 29 heavy (non-hydrogen) atoms. The Morgan fingerprint density at radius 2 is 2.14 bits per heavy atom. The number of ether oxygens (including phenoxy) is 1. The number of aromatic nitrogens is 4. The predicted molar refractivity (Wildman–Crippen MR) is 111 cm³/mol. The number of pyridine rings is 1. The number of benzene rings is 1. The second kappa shape index (κ2) is 10.1. The molecule has 10 nitrogen and oxygen atoms in total. The molecular weight excluding hydrogens is 392 g/mol. The third-order valence-corrected chi connectivity index (χ3v) is 4.65. The Balaban J connectivity index is 1.45. The summed E-state index contributed by atoms with van der Waals surface area (Å²) < 4.78 is 6.35. The maximum atomic E-state index is 12.1. The molecule has 1 amide bonds. The zero-order valence-corrected chi connectivity index (χ0v) is 16.5. The number of amides is 1. The normalized spacial score (nSPS) is 10.8. The summed E-state index contributed by atoms with van der Waals surface area (Å²) in [6.45, 7) is 0.425. The van der Waals surface area contributed by atoms with Crippen LogP contribution in [0.25, 0.3) is 0 Å². The van der Waals surface area contributed by atoms with Gasteiger partial charge < -0.3 is 15.9 Å². The van der Waals surface area contributed by atoms with Crippen LogP contribution in [0.15, 0.2) is 59.0 Å². The van der Waals surface area contributed by atoms with Crippen molar-refractivity contribution in [3.8, 4) is 5.75 Å². The first-order valence-corrected chi connectivity index (χ1v) is 9.56. The standard InChI is InChI=1S/C18H20N8O2S/c1-28-15-6-4-13(5-7-15)10-21-16(27)12-29-18-25-24-17(26(18)19)23-22-11-14-3-2-8-20-9-14/h2-9,11H,10,12,19H2,1H3,(H,21,27)(H,23,24)/b22-11+. The number of nitrogens with zero attached hydrogens (tertiary/aromatic N) is 5. The number of methoxy groups -OCH3 is 1. The number of carbonyl (C=O) groups excluding carboxylic acids is 1. The van der Waals surface area contributed by atoms with Crippen LogP contribution in [0, 0.1) is 0 Å². The molecule has 11 heteroatoms. The number of hydrogen-bond donors (Lipinski definition) is 3. The average Bonchev–Trinajstić information content (AvgIpc) is 3.11. The lowest BCUT2D eigenvalue weighted by molar-refractivity contribution is -0.118. The minimum absolute atomic E-state index is 0.141. The summed E-state index contributed by atoms with van der Waals surface area (Å²) in [5.41, 5.74) is 4.51. The highest BCUT2D eigenvalue weighted by Gasteiger charge is 2.11. The first-order chi connectivity index (χ1) is 14.2. The number of nitrogens with one attached hydrogen (secondary N) is 2. The van der Waals surface area contributed by atoms with Crippen LogP contribution in [-0.2, 0) is 11.3 Å². The molecule has 0 fully saturated rings. The molecule has 0 aliphatic rings.